The van der Waals surface area contributed by atoms with Crippen molar-refractivity contribution < 1.29 is 13.6 Å². The van der Waals surface area contributed by atoms with Gasteiger partial charge in [0.25, 0.3) is 5.91 Å². The highest BCUT2D eigenvalue weighted by atomic mass is 35.5. The Balaban J connectivity index is 1.69. The van der Waals surface area contributed by atoms with Gasteiger partial charge in [-0.15, -0.1) is 0 Å². The van der Waals surface area contributed by atoms with E-state index in [1.807, 2.05) is 4.90 Å². The molecule has 2 aromatic rings. The lowest BCUT2D eigenvalue weighted by Gasteiger charge is -2.37. The lowest BCUT2D eigenvalue weighted by molar-refractivity contribution is 0.0602. The Bertz CT molecular complexity index is 823. The van der Waals surface area contributed by atoms with E-state index in [9.17, 15) is 18.8 Å². The molecule has 134 valence electrons. The second-order valence-corrected chi connectivity index (χ2v) is 6.42. The average molecular weight is 376 g/mol. The van der Waals surface area contributed by atoms with E-state index in [0.29, 0.717) is 31.7 Å². The van der Waals surface area contributed by atoms with Gasteiger partial charge in [-0.3, -0.25) is 9.69 Å². The van der Waals surface area contributed by atoms with Crippen molar-refractivity contribution >= 4 is 17.5 Å². The van der Waals surface area contributed by atoms with Crippen LogP contribution in [0.2, 0.25) is 5.02 Å². The van der Waals surface area contributed by atoms with Gasteiger partial charge in [-0.25, -0.2) is 8.78 Å². The summed E-state index contributed by atoms with van der Waals surface area (Å²) in [6, 6.07) is 11.6. The van der Waals surface area contributed by atoms with Gasteiger partial charge < -0.3 is 4.90 Å². The molecule has 1 fully saturated rings. The molecule has 2 aromatic carbocycles. The number of nitriles is 1. The van der Waals surface area contributed by atoms with Crippen molar-refractivity contribution in [1.82, 2.24) is 9.80 Å². The van der Waals surface area contributed by atoms with E-state index in [1.54, 1.807) is 12.1 Å². The summed E-state index contributed by atoms with van der Waals surface area (Å²) in [7, 11) is 0. The molecule has 0 bridgehead atoms. The monoisotopic (exact) mass is 375 g/mol. The molecule has 1 saturated heterocycles. The van der Waals surface area contributed by atoms with E-state index in [0.717, 1.165) is 0 Å². The average Bonchev–Trinajstić information content (AvgIpc) is 2.64. The second-order valence-electron chi connectivity index (χ2n) is 6.01. The highest BCUT2D eigenvalue weighted by molar-refractivity contribution is 6.33. The maximum Gasteiger partial charge on any atom is 0.258 e. The van der Waals surface area contributed by atoms with Gasteiger partial charge in [0.1, 0.15) is 17.7 Å². The molecule has 4 nitrogen and oxygen atoms in total. The molecule has 0 saturated carbocycles. The van der Waals surface area contributed by atoms with Crippen LogP contribution in [-0.2, 0) is 0 Å². The van der Waals surface area contributed by atoms with Crippen LogP contribution in [0.15, 0.2) is 42.5 Å². The zero-order valence-corrected chi connectivity index (χ0v) is 14.6. The summed E-state index contributed by atoms with van der Waals surface area (Å²) in [5.41, 5.74) is 0.573. The summed E-state index contributed by atoms with van der Waals surface area (Å²) >= 11 is 5.97. The first-order chi connectivity index (χ1) is 12.5. The van der Waals surface area contributed by atoms with Crippen molar-refractivity contribution in [2.75, 3.05) is 26.2 Å². The van der Waals surface area contributed by atoms with Crippen LogP contribution in [0.1, 0.15) is 22.0 Å². The third-order valence-electron chi connectivity index (χ3n) is 4.45. The lowest BCUT2D eigenvalue weighted by Crippen LogP contribution is -2.49. The van der Waals surface area contributed by atoms with Crippen LogP contribution in [0.3, 0.4) is 0 Å². The number of halogens is 3. The third kappa shape index (κ3) is 3.69. The fraction of sp³-hybridized carbons (Fsp3) is 0.263. The molecule has 1 unspecified atom stereocenters. The molecule has 7 heteroatoms. The van der Waals surface area contributed by atoms with Gasteiger partial charge in [0, 0.05) is 26.2 Å². The van der Waals surface area contributed by atoms with Crippen LogP contribution >= 0.6 is 11.6 Å². The molecule has 1 aliphatic rings. The maximum atomic E-state index is 14.0. The Labute approximate surface area is 155 Å². The normalized spacial score (nSPS) is 16.2. The minimum Gasteiger partial charge on any atom is -0.336 e. The van der Waals surface area contributed by atoms with Crippen molar-refractivity contribution in [2.24, 2.45) is 0 Å². The van der Waals surface area contributed by atoms with E-state index >= 15 is 0 Å². The fourth-order valence-electron chi connectivity index (χ4n) is 3.06. The zero-order valence-electron chi connectivity index (χ0n) is 13.8. The summed E-state index contributed by atoms with van der Waals surface area (Å²) in [5.74, 6) is -1.46. The molecule has 1 atom stereocenters. The Morgan fingerprint density at radius 3 is 2.31 bits per heavy atom. The first kappa shape index (κ1) is 18.3. The summed E-state index contributed by atoms with van der Waals surface area (Å²) in [4.78, 5) is 16.0. The van der Waals surface area contributed by atoms with Crippen molar-refractivity contribution in [1.29, 1.82) is 5.26 Å². The number of hydrogen-bond acceptors (Lipinski definition) is 3. The van der Waals surface area contributed by atoms with E-state index in [1.165, 1.54) is 35.2 Å². The molecule has 1 heterocycles. The topological polar surface area (TPSA) is 47.3 Å². The molecule has 0 radical (unpaired) electrons. The number of hydrogen-bond donors (Lipinski definition) is 0. The minimum absolute atomic E-state index is 0.0821. The van der Waals surface area contributed by atoms with Gasteiger partial charge >= 0.3 is 0 Å². The highest BCUT2D eigenvalue weighted by Gasteiger charge is 2.29. The second kappa shape index (κ2) is 7.81. The van der Waals surface area contributed by atoms with Gasteiger partial charge in [0.2, 0.25) is 0 Å². The molecular weight excluding hydrogens is 360 g/mol. The lowest BCUT2D eigenvalue weighted by atomic mass is 10.1. The number of rotatable bonds is 3. The molecule has 0 N–H and O–H groups in total. The minimum atomic E-state index is -0.647. The Morgan fingerprint density at radius 1 is 1.08 bits per heavy atom. The SMILES string of the molecule is N#CC(c1ccc(F)cc1)N1CCN(C(=O)c2c(F)cccc2Cl)CC1. The maximum absolute atomic E-state index is 14.0. The number of carbonyl (C=O) groups excluding carboxylic acids is 1. The van der Waals surface area contributed by atoms with E-state index in [4.69, 9.17) is 11.6 Å². The van der Waals surface area contributed by atoms with Gasteiger partial charge in [-0.2, -0.15) is 5.26 Å². The number of amides is 1. The quantitative estimate of drug-likeness (QED) is 0.822. The number of carbonyl (C=O) groups is 1. The standard InChI is InChI=1S/C19H16ClF2N3O/c20-15-2-1-3-16(22)18(15)19(26)25-10-8-24(9-11-25)17(12-23)13-4-6-14(21)7-5-13/h1-7,17H,8-11H2. The molecule has 1 aliphatic heterocycles. The molecule has 3 rings (SSSR count). The van der Waals surface area contributed by atoms with Crippen molar-refractivity contribution in [2.45, 2.75) is 6.04 Å². The van der Waals surface area contributed by atoms with Crippen molar-refractivity contribution in [3.05, 3.63) is 70.2 Å². The largest absolute Gasteiger partial charge is 0.336 e. The van der Waals surface area contributed by atoms with Gasteiger partial charge in [0.15, 0.2) is 0 Å². The summed E-state index contributed by atoms with van der Waals surface area (Å²) in [6.07, 6.45) is 0. The van der Waals surface area contributed by atoms with E-state index in [-0.39, 0.29) is 16.4 Å². The van der Waals surface area contributed by atoms with Crippen LogP contribution in [0, 0.1) is 23.0 Å². The number of nitrogens with zero attached hydrogens (tertiary/aromatic N) is 3. The predicted octanol–water partition coefficient (Wildman–Crippen LogP) is 3.64. The Kier molecular flexibility index (Phi) is 5.50. The predicted molar refractivity (Wildman–Crippen MR) is 93.6 cm³/mol. The van der Waals surface area contributed by atoms with Crippen LogP contribution < -0.4 is 0 Å². The summed E-state index contributed by atoms with van der Waals surface area (Å²) in [5, 5.41) is 9.58. The van der Waals surface area contributed by atoms with Crippen LogP contribution in [-0.4, -0.2) is 41.9 Å². The third-order valence-corrected chi connectivity index (χ3v) is 4.77. The molecule has 1 amide bonds. The van der Waals surface area contributed by atoms with Crippen LogP contribution in [0.5, 0.6) is 0 Å². The van der Waals surface area contributed by atoms with Gasteiger partial charge in [-0.05, 0) is 29.8 Å². The number of piperazine rings is 1. The van der Waals surface area contributed by atoms with Crippen LogP contribution in [0.4, 0.5) is 8.78 Å². The first-order valence-electron chi connectivity index (χ1n) is 8.13. The van der Waals surface area contributed by atoms with Gasteiger partial charge in [-0.1, -0.05) is 29.8 Å². The molecule has 26 heavy (non-hydrogen) atoms. The fourth-order valence-corrected chi connectivity index (χ4v) is 3.30. The summed E-state index contributed by atoms with van der Waals surface area (Å²) < 4.78 is 27.0. The number of benzene rings is 2. The zero-order chi connectivity index (χ0) is 18.7. The summed E-state index contributed by atoms with van der Waals surface area (Å²) in [6.45, 7) is 1.60. The van der Waals surface area contributed by atoms with Gasteiger partial charge in [0.05, 0.1) is 16.7 Å². The molecular formula is C19H16ClF2N3O. The first-order valence-corrected chi connectivity index (χ1v) is 8.51. The van der Waals surface area contributed by atoms with Crippen LogP contribution in [0.25, 0.3) is 0 Å². The van der Waals surface area contributed by atoms with E-state index in [2.05, 4.69) is 6.07 Å². The molecule has 0 aromatic heterocycles. The van der Waals surface area contributed by atoms with E-state index < -0.39 is 17.8 Å². The Morgan fingerprint density at radius 2 is 1.73 bits per heavy atom. The molecule has 0 aliphatic carbocycles. The Hall–Kier alpha value is -2.49. The molecule has 0 spiro atoms. The smallest absolute Gasteiger partial charge is 0.258 e. The highest BCUT2D eigenvalue weighted by Crippen LogP contribution is 2.24. The van der Waals surface area contributed by atoms with Crippen molar-refractivity contribution in [3.63, 3.8) is 0 Å². The van der Waals surface area contributed by atoms with Crippen molar-refractivity contribution in [3.8, 4) is 6.07 Å².